The number of hydrogen-bond donors (Lipinski definition) is 2. The first-order valence-electron chi connectivity index (χ1n) is 6.51. The van der Waals surface area contributed by atoms with Gasteiger partial charge in [0.25, 0.3) is 0 Å². The lowest BCUT2D eigenvalue weighted by Gasteiger charge is -2.26. The molecule has 0 aromatic carbocycles. The molecule has 0 spiro atoms. The lowest BCUT2D eigenvalue weighted by atomic mass is 10.4. The Balaban J connectivity index is 2.10. The maximum absolute atomic E-state index is 5.50. The highest BCUT2D eigenvalue weighted by Gasteiger charge is 2.16. The van der Waals surface area contributed by atoms with Crippen LogP contribution in [-0.4, -0.2) is 47.9 Å². The second-order valence-corrected chi connectivity index (χ2v) is 4.19. The number of nitrogens with zero attached hydrogens (tertiary/aromatic N) is 4. The van der Waals surface area contributed by atoms with Crippen LogP contribution in [-0.2, 0) is 4.74 Å². The van der Waals surface area contributed by atoms with Crippen molar-refractivity contribution in [2.24, 2.45) is 5.84 Å². The fraction of sp³-hybridized carbons (Fsp3) is 0.727. The number of unbranched alkanes of at least 4 members (excludes halogenated alkanes) is 1. The van der Waals surface area contributed by atoms with Crippen LogP contribution in [0.4, 0.5) is 11.9 Å². The number of nitrogens with two attached hydrogens (primary N) is 1. The van der Waals surface area contributed by atoms with Crippen LogP contribution in [0.1, 0.15) is 19.8 Å². The lowest BCUT2D eigenvalue weighted by molar-refractivity contribution is 0.122. The van der Waals surface area contributed by atoms with Crippen LogP contribution in [0.5, 0.6) is 6.01 Å². The molecule has 106 valence electrons. The van der Waals surface area contributed by atoms with Crippen molar-refractivity contribution in [1.82, 2.24) is 15.0 Å². The maximum atomic E-state index is 5.50. The molecular weight excluding hydrogens is 248 g/mol. The Hall–Kier alpha value is -1.67. The average molecular weight is 268 g/mol. The first kappa shape index (κ1) is 13.8. The number of aromatic nitrogens is 3. The predicted molar refractivity (Wildman–Crippen MR) is 71.1 cm³/mol. The molecule has 2 rings (SSSR count). The number of nitrogen functional groups attached to an aromatic ring is 1. The third-order valence-electron chi connectivity index (χ3n) is 2.76. The molecule has 0 radical (unpaired) electrons. The van der Waals surface area contributed by atoms with Gasteiger partial charge in [-0.05, 0) is 6.42 Å². The molecule has 1 fully saturated rings. The van der Waals surface area contributed by atoms with Crippen molar-refractivity contribution in [1.29, 1.82) is 0 Å². The Morgan fingerprint density at radius 3 is 2.79 bits per heavy atom. The Morgan fingerprint density at radius 2 is 2.11 bits per heavy atom. The molecule has 8 heteroatoms. The summed E-state index contributed by atoms with van der Waals surface area (Å²) >= 11 is 0. The fourth-order valence-corrected chi connectivity index (χ4v) is 1.69. The molecule has 0 atom stereocenters. The summed E-state index contributed by atoms with van der Waals surface area (Å²) in [7, 11) is 0. The molecule has 2 heterocycles. The van der Waals surface area contributed by atoms with E-state index >= 15 is 0 Å². The van der Waals surface area contributed by atoms with Gasteiger partial charge in [0.2, 0.25) is 11.9 Å². The van der Waals surface area contributed by atoms with Crippen LogP contribution in [0.3, 0.4) is 0 Å². The van der Waals surface area contributed by atoms with Crippen molar-refractivity contribution in [3.05, 3.63) is 0 Å². The minimum Gasteiger partial charge on any atom is -0.463 e. The van der Waals surface area contributed by atoms with Crippen LogP contribution in [0.2, 0.25) is 0 Å². The summed E-state index contributed by atoms with van der Waals surface area (Å²) in [5, 5.41) is 0. The predicted octanol–water partition coefficient (Wildman–Crippen LogP) is 0.173. The second kappa shape index (κ2) is 7.05. The zero-order valence-corrected chi connectivity index (χ0v) is 11.1. The van der Waals surface area contributed by atoms with Gasteiger partial charge in [0.05, 0.1) is 19.8 Å². The van der Waals surface area contributed by atoms with Gasteiger partial charge in [-0.1, -0.05) is 13.3 Å². The van der Waals surface area contributed by atoms with Crippen LogP contribution in [0.15, 0.2) is 0 Å². The first-order chi connectivity index (χ1) is 9.33. The SMILES string of the molecule is CCCCOc1nc(NN)nc(N2CCOCC2)n1. The molecule has 1 aliphatic heterocycles. The number of ether oxygens (including phenoxy) is 2. The van der Waals surface area contributed by atoms with E-state index in [1.165, 1.54) is 0 Å². The second-order valence-electron chi connectivity index (χ2n) is 4.19. The Morgan fingerprint density at radius 1 is 1.32 bits per heavy atom. The van der Waals surface area contributed by atoms with Gasteiger partial charge in [0.15, 0.2) is 0 Å². The summed E-state index contributed by atoms with van der Waals surface area (Å²) in [6.45, 7) is 5.53. The van der Waals surface area contributed by atoms with Gasteiger partial charge in [0, 0.05) is 13.1 Å². The normalized spacial score (nSPS) is 15.4. The number of nitrogens with one attached hydrogen (secondary N) is 1. The maximum Gasteiger partial charge on any atom is 0.323 e. The lowest BCUT2D eigenvalue weighted by Crippen LogP contribution is -2.37. The number of rotatable bonds is 6. The van der Waals surface area contributed by atoms with Crippen LogP contribution < -0.4 is 20.9 Å². The first-order valence-corrected chi connectivity index (χ1v) is 6.51. The molecule has 0 aliphatic carbocycles. The van der Waals surface area contributed by atoms with E-state index in [9.17, 15) is 0 Å². The van der Waals surface area contributed by atoms with E-state index < -0.39 is 0 Å². The summed E-state index contributed by atoms with van der Waals surface area (Å²) in [6, 6.07) is 0.304. The van der Waals surface area contributed by atoms with Crippen molar-refractivity contribution in [3.63, 3.8) is 0 Å². The molecule has 0 bridgehead atoms. The van der Waals surface area contributed by atoms with Gasteiger partial charge in [0.1, 0.15) is 0 Å². The molecule has 8 nitrogen and oxygen atoms in total. The molecule has 3 N–H and O–H groups in total. The molecule has 0 saturated carbocycles. The summed E-state index contributed by atoms with van der Waals surface area (Å²) in [6.07, 6.45) is 2.02. The minimum atomic E-state index is 0.304. The highest BCUT2D eigenvalue weighted by Crippen LogP contribution is 2.15. The molecule has 19 heavy (non-hydrogen) atoms. The van der Waals surface area contributed by atoms with Gasteiger partial charge in [-0.2, -0.15) is 15.0 Å². The molecule has 0 unspecified atom stereocenters. The van der Waals surface area contributed by atoms with E-state index in [2.05, 4.69) is 27.3 Å². The van der Waals surface area contributed by atoms with Crippen molar-refractivity contribution in [3.8, 4) is 6.01 Å². The standard InChI is InChI=1S/C11H20N6O2/c1-2-3-6-19-11-14-9(16-12)13-10(15-11)17-4-7-18-8-5-17/h2-8,12H2,1H3,(H,13,14,15,16). The van der Waals surface area contributed by atoms with Gasteiger partial charge >= 0.3 is 6.01 Å². The van der Waals surface area contributed by atoms with Gasteiger partial charge in [-0.15, -0.1) is 0 Å². The van der Waals surface area contributed by atoms with E-state index in [0.717, 1.165) is 25.9 Å². The molecule has 1 aromatic rings. The molecule has 1 aliphatic rings. The van der Waals surface area contributed by atoms with Crippen molar-refractivity contribution >= 4 is 11.9 Å². The summed E-state index contributed by atoms with van der Waals surface area (Å²) in [5.41, 5.74) is 2.44. The van der Waals surface area contributed by atoms with Gasteiger partial charge < -0.3 is 14.4 Å². The smallest absolute Gasteiger partial charge is 0.323 e. The monoisotopic (exact) mass is 268 g/mol. The average Bonchev–Trinajstić information content (AvgIpc) is 2.48. The Kier molecular flexibility index (Phi) is 5.10. The molecular formula is C11H20N6O2. The van der Waals surface area contributed by atoms with E-state index in [-0.39, 0.29) is 0 Å². The van der Waals surface area contributed by atoms with Gasteiger partial charge in [-0.3, -0.25) is 5.43 Å². The molecule has 1 aromatic heterocycles. The number of morpholine rings is 1. The van der Waals surface area contributed by atoms with Crippen LogP contribution >= 0.6 is 0 Å². The largest absolute Gasteiger partial charge is 0.463 e. The highest BCUT2D eigenvalue weighted by atomic mass is 16.5. The third kappa shape index (κ3) is 3.90. The zero-order valence-electron chi connectivity index (χ0n) is 11.1. The van der Waals surface area contributed by atoms with E-state index in [1.807, 2.05) is 4.90 Å². The molecule has 0 amide bonds. The van der Waals surface area contributed by atoms with E-state index in [1.54, 1.807) is 0 Å². The number of anilines is 2. The third-order valence-corrected chi connectivity index (χ3v) is 2.76. The Labute approximate surface area is 112 Å². The summed E-state index contributed by atoms with van der Waals surface area (Å²) in [5.74, 6) is 6.25. The Bertz CT molecular complexity index is 397. The van der Waals surface area contributed by atoms with Crippen LogP contribution in [0.25, 0.3) is 0 Å². The van der Waals surface area contributed by atoms with E-state index in [4.69, 9.17) is 15.3 Å². The summed E-state index contributed by atoms with van der Waals surface area (Å²) in [4.78, 5) is 14.6. The minimum absolute atomic E-state index is 0.304. The number of hydrogen-bond acceptors (Lipinski definition) is 8. The van der Waals surface area contributed by atoms with Crippen molar-refractivity contribution in [2.75, 3.05) is 43.2 Å². The van der Waals surface area contributed by atoms with E-state index in [0.29, 0.717) is 37.7 Å². The molecule has 1 saturated heterocycles. The van der Waals surface area contributed by atoms with Crippen molar-refractivity contribution < 1.29 is 9.47 Å². The number of hydrazine groups is 1. The fourth-order valence-electron chi connectivity index (χ4n) is 1.69. The van der Waals surface area contributed by atoms with Gasteiger partial charge in [-0.25, -0.2) is 5.84 Å². The summed E-state index contributed by atoms with van der Waals surface area (Å²) < 4.78 is 10.8. The zero-order chi connectivity index (χ0) is 13.5. The van der Waals surface area contributed by atoms with Crippen LogP contribution in [0, 0.1) is 0 Å². The highest BCUT2D eigenvalue weighted by molar-refractivity contribution is 5.37. The van der Waals surface area contributed by atoms with Crippen molar-refractivity contribution in [2.45, 2.75) is 19.8 Å². The quantitative estimate of drug-likeness (QED) is 0.428. The topological polar surface area (TPSA) is 98.4 Å².